The van der Waals surface area contributed by atoms with Crippen LogP contribution in [0.2, 0.25) is 0 Å². The summed E-state index contributed by atoms with van der Waals surface area (Å²) in [5.41, 5.74) is -0.313. The molecule has 0 spiro atoms. The van der Waals surface area contributed by atoms with Gasteiger partial charge in [-0.15, -0.1) is 0 Å². The van der Waals surface area contributed by atoms with Gasteiger partial charge in [-0.25, -0.2) is 0 Å². The Balaban J connectivity index is 1.67. The van der Waals surface area contributed by atoms with Gasteiger partial charge in [0.1, 0.15) is 5.60 Å². The van der Waals surface area contributed by atoms with Crippen LogP contribution in [0.3, 0.4) is 0 Å². The predicted octanol–water partition coefficient (Wildman–Crippen LogP) is 2.19. The van der Waals surface area contributed by atoms with Crippen molar-refractivity contribution >= 4 is 0 Å². The Kier molecular flexibility index (Phi) is 3.58. The zero-order chi connectivity index (χ0) is 13.3. The fourth-order valence-electron chi connectivity index (χ4n) is 3.19. The van der Waals surface area contributed by atoms with Crippen LogP contribution in [0.5, 0.6) is 0 Å². The number of aliphatic hydroxyl groups excluding tert-OH is 1. The lowest BCUT2D eigenvalue weighted by Crippen LogP contribution is -2.37. The van der Waals surface area contributed by atoms with Crippen molar-refractivity contribution in [2.75, 3.05) is 7.11 Å². The number of methoxy groups -OCH3 is 1. The Morgan fingerprint density at radius 3 is 2.74 bits per heavy atom. The van der Waals surface area contributed by atoms with E-state index in [0.29, 0.717) is 18.1 Å². The molecule has 2 saturated carbocycles. The summed E-state index contributed by atoms with van der Waals surface area (Å²) in [5, 5.41) is 14.1. The first kappa shape index (κ1) is 13.1. The van der Waals surface area contributed by atoms with E-state index in [-0.39, 0.29) is 17.6 Å². The first-order chi connectivity index (χ1) is 9.23. The molecule has 0 aromatic carbocycles. The summed E-state index contributed by atoms with van der Waals surface area (Å²) in [7, 11) is 1.71. The maximum Gasteiger partial charge on any atom is 0.227 e. The van der Waals surface area contributed by atoms with E-state index in [2.05, 4.69) is 10.1 Å². The molecule has 2 unspecified atom stereocenters. The van der Waals surface area contributed by atoms with Crippen LogP contribution in [0.25, 0.3) is 0 Å². The Bertz CT molecular complexity index is 423. The zero-order valence-electron chi connectivity index (χ0n) is 11.5. The van der Waals surface area contributed by atoms with Gasteiger partial charge in [-0.05, 0) is 38.0 Å². The molecule has 2 fully saturated rings. The molecule has 106 valence electrons. The molecule has 2 aliphatic rings. The summed E-state index contributed by atoms with van der Waals surface area (Å²) in [6, 6.07) is 0. The van der Waals surface area contributed by atoms with Gasteiger partial charge in [-0.1, -0.05) is 18.0 Å². The SMILES string of the molecule is COC1(c2noc(CC3CCCCC3O)n2)CCC1. The minimum absolute atomic E-state index is 0.218. The molecule has 0 saturated heterocycles. The van der Waals surface area contributed by atoms with Crippen LogP contribution in [-0.2, 0) is 16.8 Å². The van der Waals surface area contributed by atoms with Gasteiger partial charge >= 0.3 is 0 Å². The molecule has 0 amide bonds. The highest BCUT2D eigenvalue weighted by atomic mass is 16.5. The fourth-order valence-corrected chi connectivity index (χ4v) is 3.19. The van der Waals surface area contributed by atoms with Gasteiger partial charge in [0.05, 0.1) is 6.10 Å². The van der Waals surface area contributed by atoms with Crippen molar-refractivity contribution in [3.63, 3.8) is 0 Å². The number of aromatic nitrogens is 2. The lowest BCUT2D eigenvalue weighted by Gasteiger charge is -2.37. The Morgan fingerprint density at radius 1 is 1.32 bits per heavy atom. The van der Waals surface area contributed by atoms with Gasteiger partial charge in [0, 0.05) is 13.5 Å². The third kappa shape index (κ3) is 2.41. The van der Waals surface area contributed by atoms with E-state index in [9.17, 15) is 5.11 Å². The standard InChI is InChI=1S/C14H22N2O3/c1-18-14(7-4-8-14)13-15-12(19-16-13)9-10-5-2-3-6-11(10)17/h10-11,17H,2-9H2,1H3. The third-order valence-corrected chi connectivity index (χ3v) is 4.73. The van der Waals surface area contributed by atoms with E-state index in [1.807, 2.05) is 0 Å². The molecule has 0 aliphatic heterocycles. The Labute approximate surface area is 113 Å². The highest BCUT2D eigenvalue weighted by molar-refractivity contribution is 5.07. The quantitative estimate of drug-likeness (QED) is 0.904. The monoisotopic (exact) mass is 266 g/mol. The summed E-state index contributed by atoms with van der Waals surface area (Å²) >= 11 is 0. The van der Waals surface area contributed by atoms with Gasteiger partial charge in [-0.2, -0.15) is 4.98 Å². The minimum Gasteiger partial charge on any atom is -0.393 e. The van der Waals surface area contributed by atoms with Crippen LogP contribution in [0, 0.1) is 5.92 Å². The molecule has 1 N–H and O–H groups in total. The molecule has 2 atom stereocenters. The lowest BCUT2D eigenvalue weighted by atomic mass is 9.79. The number of nitrogens with zero attached hydrogens (tertiary/aromatic N) is 2. The smallest absolute Gasteiger partial charge is 0.227 e. The second-order valence-electron chi connectivity index (χ2n) is 5.88. The van der Waals surface area contributed by atoms with Crippen LogP contribution in [0.1, 0.15) is 56.7 Å². The molecule has 5 nitrogen and oxygen atoms in total. The average Bonchev–Trinajstić information content (AvgIpc) is 2.81. The molecule has 1 aromatic heterocycles. The molecular weight excluding hydrogens is 244 g/mol. The Hall–Kier alpha value is -0.940. The highest BCUT2D eigenvalue weighted by Gasteiger charge is 2.43. The van der Waals surface area contributed by atoms with Crippen molar-refractivity contribution in [1.29, 1.82) is 0 Å². The number of hydrogen-bond acceptors (Lipinski definition) is 5. The van der Waals surface area contributed by atoms with Crippen molar-refractivity contribution in [2.45, 2.75) is 63.1 Å². The molecule has 1 aromatic rings. The van der Waals surface area contributed by atoms with Crippen LogP contribution < -0.4 is 0 Å². The summed E-state index contributed by atoms with van der Waals surface area (Å²) in [5.74, 6) is 1.59. The number of rotatable bonds is 4. The maximum atomic E-state index is 9.99. The lowest BCUT2D eigenvalue weighted by molar-refractivity contribution is -0.0858. The number of ether oxygens (including phenoxy) is 1. The van der Waals surface area contributed by atoms with E-state index in [1.165, 1.54) is 6.42 Å². The van der Waals surface area contributed by atoms with Crippen molar-refractivity contribution < 1.29 is 14.4 Å². The van der Waals surface area contributed by atoms with Crippen LogP contribution >= 0.6 is 0 Å². The van der Waals surface area contributed by atoms with Gasteiger partial charge in [-0.3, -0.25) is 0 Å². The van der Waals surface area contributed by atoms with Crippen molar-refractivity contribution in [3.8, 4) is 0 Å². The topological polar surface area (TPSA) is 68.4 Å². The molecule has 1 heterocycles. The first-order valence-electron chi connectivity index (χ1n) is 7.30. The average molecular weight is 266 g/mol. The molecule has 19 heavy (non-hydrogen) atoms. The van der Waals surface area contributed by atoms with E-state index >= 15 is 0 Å². The first-order valence-corrected chi connectivity index (χ1v) is 7.30. The second-order valence-corrected chi connectivity index (χ2v) is 5.88. The van der Waals surface area contributed by atoms with Gasteiger partial charge in [0.2, 0.25) is 11.7 Å². The molecule has 3 rings (SSSR count). The van der Waals surface area contributed by atoms with Crippen molar-refractivity contribution in [2.24, 2.45) is 5.92 Å². The number of aliphatic hydroxyl groups is 1. The van der Waals surface area contributed by atoms with E-state index in [0.717, 1.165) is 38.5 Å². The second kappa shape index (κ2) is 5.21. The largest absolute Gasteiger partial charge is 0.393 e. The van der Waals surface area contributed by atoms with Crippen LogP contribution in [0.15, 0.2) is 4.52 Å². The molecular formula is C14H22N2O3. The summed E-state index contributed by atoms with van der Waals surface area (Å²) in [4.78, 5) is 4.49. The Morgan fingerprint density at radius 2 is 2.11 bits per heavy atom. The van der Waals surface area contributed by atoms with Crippen LogP contribution in [-0.4, -0.2) is 28.5 Å². The van der Waals surface area contributed by atoms with Crippen molar-refractivity contribution in [1.82, 2.24) is 10.1 Å². The molecule has 0 radical (unpaired) electrons. The maximum absolute atomic E-state index is 9.99. The summed E-state index contributed by atoms with van der Waals surface area (Å²) in [6.45, 7) is 0. The van der Waals surface area contributed by atoms with E-state index in [1.54, 1.807) is 7.11 Å². The normalized spacial score (nSPS) is 30.0. The highest BCUT2D eigenvalue weighted by Crippen LogP contribution is 2.42. The number of hydrogen-bond donors (Lipinski definition) is 1. The van der Waals surface area contributed by atoms with Gasteiger partial charge in [0.15, 0.2) is 0 Å². The molecule has 5 heteroatoms. The molecule has 2 aliphatic carbocycles. The van der Waals surface area contributed by atoms with E-state index in [4.69, 9.17) is 9.26 Å². The summed E-state index contributed by atoms with van der Waals surface area (Å²) < 4.78 is 10.9. The minimum atomic E-state index is -0.313. The fraction of sp³-hybridized carbons (Fsp3) is 0.857. The van der Waals surface area contributed by atoms with Crippen molar-refractivity contribution in [3.05, 3.63) is 11.7 Å². The van der Waals surface area contributed by atoms with E-state index < -0.39 is 0 Å². The van der Waals surface area contributed by atoms with Crippen LogP contribution in [0.4, 0.5) is 0 Å². The molecule has 0 bridgehead atoms. The predicted molar refractivity (Wildman–Crippen MR) is 68.5 cm³/mol. The third-order valence-electron chi connectivity index (χ3n) is 4.73. The van der Waals surface area contributed by atoms with Gasteiger partial charge < -0.3 is 14.4 Å². The zero-order valence-corrected chi connectivity index (χ0v) is 11.5. The van der Waals surface area contributed by atoms with Gasteiger partial charge in [0.25, 0.3) is 0 Å². The summed E-state index contributed by atoms with van der Waals surface area (Å²) in [6.07, 6.45) is 7.81.